The molecule has 0 aliphatic carbocycles. The van der Waals surface area contributed by atoms with Crippen LogP contribution in [0.25, 0.3) is 5.57 Å². The number of piperidine rings is 2. The quantitative estimate of drug-likeness (QED) is 0.437. The third-order valence-corrected chi connectivity index (χ3v) is 11.2. The fourth-order valence-electron chi connectivity index (χ4n) is 8.47. The van der Waals surface area contributed by atoms with Crippen LogP contribution >= 0.6 is 0 Å². The van der Waals surface area contributed by atoms with Gasteiger partial charge in [0.15, 0.2) is 5.82 Å². The number of nitrogens with one attached hydrogen (secondary N) is 1. The minimum Gasteiger partial charge on any atom is -0.444 e. The molecule has 1 aromatic carbocycles. The van der Waals surface area contributed by atoms with E-state index < -0.39 is 12.0 Å². The predicted octanol–water partition coefficient (Wildman–Crippen LogP) is 5.41. The topological polar surface area (TPSA) is 106 Å². The van der Waals surface area contributed by atoms with Crippen molar-refractivity contribution in [2.24, 2.45) is 5.92 Å². The highest BCUT2D eigenvalue weighted by molar-refractivity contribution is 5.80. The van der Waals surface area contributed by atoms with Gasteiger partial charge in [-0.25, -0.2) is 19.0 Å². The minimum absolute atomic E-state index is 0.000173. The van der Waals surface area contributed by atoms with Gasteiger partial charge in [0.1, 0.15) is 5.60 Å². The van der Waals surface area contributed by atoms with Crippen molar-refractivity contribution >= 4 is 35.0 Å². The van der Waals surface area contributed by atoms with Crippen LogP contribution in [0.2, 0.25) is 0 Å². The standard InChI is InChI=1S/C38H52F2N8O4/c1-24(49)46-18-12-32-31(23-46)35(47-13-6-7-26-19-29(27-21-41-43(5)22-27)30(34(39)40)20-33(26)47)42-48(32)28-10-16-44(17-11-28)36(50)25-8-14-45(15-9-25)37(51)52-38(2,3)4/h19-20,22,25,28,34,41H,6-18,21,23H2,1-5H3. The normalized spacial score (nSPS) is 20.3. The third-order valence-electron chi connectivity index (χ3n) is 11.2. The number of carbonyl (C=O) groups is 3. The molecule has 2 saturated heterocycles. The van der Waals surface area contributed by atoms with Crippen LogP contribution in [0.1, 0.15) is 100 Å². The minimum atomic E-state index is -2.64. The molecular formula is C38H52F2N8O4. The first kappa shape index (κ1) is 36.2. The SMILES string of the molecule is CC(=O)N1CCc2c(c(N3CCCc4cc(C5=CN(C)NC5)c(C(F)F)cc43)nn2C2CCN(C(=O)C3CCN(C(=O)OC(C)(C)C)CC3)CC2)C1. The van der Waals surface area contributed by atoms with E-state index in [-0.39, 0.29) is 35.4 Å². The Kier molecular flexibility index (Phi) is 9.96. The van der Waals surface area contributed by atoms with Crippen LogP contribution in [-0.2, 0) is 33.7 Å². The van der Waals surface area contributed by atoms with Gasteiger partial charge in [0, 0.05) is 101 Å². The van der Waals surface area contributed by atoms with Gasteiger partial charge in [-0.1, -0.05) is 0 Å². The van der Waals surface area contributed by atoms with Gasteiger partial charge in [0.25, 0.3) is 6.43 Å². The molecule has 0 radical (unpaired) electrons. The monoisotopic (exact) mass is 722 g/mol. The molecule has 5 aliphatic rings. The van der Waals surface area contributed by atoms with Gasteiger partial charge < -0.3 is 29.3 Å². The Balaban J connectivity index is 1.10. The van der Waals surface area contributed by atoms with E-state index in [0.29, 0.717) is 77.2 Å². The molecule has 0 atom stereocenters. The molecule has 12 nitrogen and oxygen atoms in total. The molecule has 14 heteroatoms. The number of nitrogens with zero attached hydrogens (tertiary/aromatic N) is 7. The Morgan fingerprint density at radius 1 is 0.942 bits per heavy atom. The molecule has 0 unspecified atom stereocenters. The number of aryl methyl sites for hydroxylation is 1. The molecule has 282 valence electrons. The zero-order valence-electron chi connectivity index (χ0n) is 31.1. The van der Waals surface area contributed by atoms with Crippen molar-refractivity contribution in [3.63, 3.8) is 0 Å². The summed E-state index contributed by atoms with van der Waals surface area (Å²) in [4.78, 5) is 46.3. The molecular weight excluding hydrogens is 670 g/mol. The number of aromatic nitrogens is 2. The maximum atomic E-state index is 14.7. The summed E-state index contributed by atoms with van der Waals surface area (Å²) in [6.45, 7) is 11.6. The molecule has 1 N–H and O–H groups in total. The average molecular weight is 723 g/mol. The molecule has 0 spiro atoms. The number of anilines is 2. The van der Waals surface area contributed by atoms with E-state index in [1.54, 1.807) is 22.9 Å². The fourth-order valence-corrected chi connectivity index (χ4v) is 8.47. The van der Waals surface area contributed by atoms with Crippen molar-refractivity contribution in [1.29, 1.82) is 0 Å². The molecule has 2 fully saturated rings. The lowest BCUT2D eigenvalue weighted by Crippen LogP contribution is -2.47. The summed E-state index contributed by atoms with van der Waals surface area (Å²) in [5, 5.41) is 7.06. The van der Waals surface area contributed by atoms with Crippen LogP contribution < -0.4 is 10.3 Å². The van der Waals surface area contributed by atoms with Crippen molar-refractivity contribution in [1.82, 2.24) is 34.9 Å². The number of ether oxygens (including phenoxy) is 1. The number of fused-ring (bicyclic) bond motifs is 2. The van der Waals surface area contributed by atoms with Crippen LogP contribution in [0.15, 0.2) is 18.3 Å². The van der Waals surface area contributed by atoms with Gasteiger partial charge in [-0.2, -0.15) is 5.10 Å². The fraction of sp³-hybridized carbons (Fsp3) is 0.632. The molecule has 2 aromatic rings. The predicted molar refractivity (Wildman–Crippen MR) is 193 cm³/mol. The highest BCUT2D eigenvalue weighted by Gasteiger charge is 2.37. The summed E-state index contributed by atoms with van der Waals surface area (Å²) >= 11 is 0. The number of likely N-dealkylation sites (tertiary alicyclic amines) is 2. The Morgan fingerprint density at radius 3 is 2.29 bits per heavy atom. The van der Waals surface area contributed by atoms with Crippen molar-refractivity contribution in [3.8, 4) is 0 Å². The first-order valence-electron chi connectivity index (χ1n) is 18.8. The van der Waals surface area contributed by atoms with E-state index in [1.807, 2.05) is 49.9 Å². The number of carbonyl (C=O) groups excluding carboxylic acids is 3. The number of halogens is 2. The first-order chi connectivity index (χ1) is 24.8. The molecule has 0 bridgehead atoms. The second-order valence-corrected chi connectivity index (χ2v) is 15.9. The number of amides is 3. The van der Waals surface area contributed by atoms with Crippen molar-refractivity contribution in [2.45, 2.75) is 97.3 Å². The second kappa shape index (κ2) is 14.3. The first-order valence-corrected chi connectivity index (χ1v) is 18.8. The van der Waals surface area contributed by atoms with Crippen molar-refractivity contribution < 1.29 is 27.9 Å². The smallest absolute Gasteiger partial charge is 0.410 e. The van der Waals surface area contributed by atoms with Gasteiger partial charge in [-0.05, 0) is 88.1 Å². The average Bonchev–Trinajstić information content (AvgIpc) is 3.73. The Morgan fingerprint density at radius 2 is 1.65 bits per heavy atom. The number of hydrazine groups is 1. The van der Waals surface area contributed by atoms with E-state index in [4.69, 9.17) is 9.84 Å². The van der Waals surface area contributed by atoms with Gasteiger partial charge in [0.2, 0.25) is 11.8 Å². The summed E-state index contributed by atoms with van der Waals surface area (Å²) in [7, 11) is 1.86. The molecule has 3 amide bonds. The van der Waals surface area contributed by atoms with Crippen molar-refractivity contribution in [3.05, 3.63) is 46.3 Å². The lowest BCUT2D eigenvalue weighted by atomic mass is 9.92. The van der Waals surface area contributed by atoms with Crippen LogP contribution in [0.5, 0.6) is 0 Å². The van der Waals surface area contributed by atoms with E-state index >= 15 is 0 Å². The zero-order chi connectivity index (χ0) is 36.9. The Bertz CT molecular complexity index is 1740. The van der Waals surface area contributed by atoms with Crippen LogP contribution in [0, 0.1) is 5.92 Å². The second-order valence-electron chi connectivity index (χ2n) is 15.9. The highest BCUT2D eigenvalue weighted by atomic mass is 19.3. The van der Waals surface area contributed by atoms with E-state index in [0.717, 1.165) is 59.6 Å². The van der Waals surface area contributed by atoms with Crippen LogP contribution in [-0.4, -0.2) is 106 Å². The van der Waals surface area contributed by atoms with E-state index in [9.17, 15) is 23.2 Å². The molecule has 7 rings (SSSR count). The lowest BCUT2D eigenvalue weighted by molar-refractivity contribution is -0.138. The Hall–Kier alpha value is -4.20. The zero-order valence-corrected chi connectivity index (χ0v) is 31.1. The highest BCUT2D eigenvalue weighted by Crippen LogP contribution is 2.43. The van der Waals surface area contributed by atoms with Crippen molar-refractivity contribution in [2.75, 3.05) is 57.8 Å². The molecule has 0 saturated carbocycles. The summed E-state index contributed by atoms with van der Waals surface area (Å²) in [6.07, 6.45) is 3.95. The summed E-state index contributed by atoms with van der Waals surface area (Å²) in [6, 6.07) is 3.67. The van der Waals surface area contributed by atoms with E-state index in [1.165, 1.54) is 0 Å². The maximum Gasteiger partial charge on any atom is 0.410 e. The van der Waals surface area contributed by atoms with Gasteiger partial charge >= 0.3 is 6.09 Å². The summed E-state index contributed by atoms with van der Waals surface area (Å²) in [5.41, 5.74) is 7.90. The lowest BCUT2D eigenvalue weighted by Gasteiger charge is -2.38. The van der Waals surface area contributed by atoms with Gasteiger partial charge in [0.05, 0.1) is 12.6 Å². The van der Waals surface area contributed by atoms with Gasteiger partial charge in [-0.3, -0.25) is 14.3 Å². The number of benzene rings is 1. The summed E-state index contributed by atoms with van der Waals surface area (Å²) < 4.78 is 37.0. The molecule has 1 aromatic heterocycles. The van der Waals surface area contributed by atoms with E-state index in [2.05, 4.69) is 15.0 Å². The number of hydrogen-bond donors (Lipinski definition) is 1. The third kappa shape index (κ3) is 7.22. The van der Waals surface area contributed by atoms with Crippen LogP contribution in [0.4, 0.5) is 25.1 Å². The Labute approximate surface area is 304 Å². The molecule has 5 aliphatic heterocycles. The molecule has 52 heavy (non-hydrogen) atoms. The van der Waals surface area contributed by atoms with Gasteiger partial charge in [-0.15, -0.1) is 0 Å². The number of alkyl halides is 2. The summed E-state index contributed by atoms with van der Waals surface area (Å²) in [5.74, 6) is 0.779. The maximum absolute atomic E-state index is 14.7. The number of hydrogen-bond acceptors (Lipinski definition) is 8. The largest absolute Gasteiger partial charge is 0.444 e. The molecule has 6 heterocycles. The number of rotatable bonds is 5. The van der Waals surface area contributed by atoms with Crippen LogP contribution in [0.3, 0.4) is 0 Å².